The first kappa shape index (κ1) is 13.7. The summed E-state index contributed by atoms with van der Waals surface area (Å²) in [6, 6.07) is 2.77. The van der Waals surface area contributed by atoms with E-state index < -0.39 is 15.8 Å². The third kappa shape index (κ3) is 3.61. The molecule has 7 nitrogen and oxygen atoms in total. The lowest BCUT2D eigenvalue weighted by molar-refractivity contribution is 0.584. The van der Waals surface area contributed by atoms with Gasteiger partial charge in [-0.15, -0.1) is 5.10 Å². The van der Waals surface area contributed by atoms with E-state index in [0.717, 1.165) is 0 Å². The van der Waals surface area contributed by atoms with Gasteiger partial charge in [-0.05, 0) is 12.1 Å². The number of nitrogens with one attached hydrogen (secondary N) is 2. The molecule has 0 fully saturated rings. The van der Waals surface area contributed by atoms with Gasteiger partial charge in [0, 0.05) is 13.1 Å². The zero-order chi connectivity index (χ0) is 13.9. The molecule has 0 aliphatic rings. The minimum Gasteiger partial charge on any atom is -0.352 e. The van der Waals surface area contributed by atoms with E-state index in [9.17, 15) is 12.8 Å². The van der Waals surface area contributed by atoms with Crippen LogP contribution in [0.1, 0.15) is 6.92 Å². The van der Waals surface area contributed by atoms with Gasteiger partial charge in [0.2, 0.25) is 16.0 Å². The minimum absolute atomic E-state index is 0.0786. The molecule has 2 heterocycles. The number of fused-ring (bicyclic) bond motifs is 1. The summed E-state index contributed by atoms with van der Waals surface area (Å²) in [4.78, 5) is 4.08. The van der Waals surface area contributed by atoms with Gasteiger partial charge in [0.05, 0.1) is 11.9 Å². The van der Waals surface area contributed by atoms with Crippen LogP contribution in [-0.4, -0.2) is 41.9 Å². The normalized spacial score (nSPS) is 11.9. The molecule has 9 heteroatoms. The number of hydrogen-bond acceptors (Lipinski definition) is 5. The first-order valence-electron chi connectivity index (χ1n) is 5.73. The zero-order valence-electron chi connectivity index (χ0n) is 10.3. The topological polar surface area (TPSA) is 88.4 Å². The molecule has 0 aromatic carbocycles. The SMILES string of the molecule is CCNS(=O)(=O)CCNc1nc2ccc(F)cn2n1. The number of halogens is 1. The monoisotopic (exact) mass is 287 g/mol. The van der Waals surface area contributed by atoms with Gasteiger partial charge >= 0.3 is 0 Å². The van der Waals surface area contributed by atoms with Gasteiger partial charge in [-0.1, -0.05) is 6.92 Å². The molecule has 0 amide bonds. The summed E-state index contributed by atoms with van der Waals surface area (Å²) < 4.78 is 39.4. The Morgan fingerprint density at radius 2 is 2.21 bits per heavy atom. The summed E-state index contributed by atoms with van der Waals surface area (Å²) in [5.41, 5.74) is 0.485. The standard InChI is InChI=1S/C10H14FN5O2S/c1-2-13-19(17,18)6-5-12-10-14-9-4-3-8(11)7-16(9)15-10/h3-4,7,13H,2,5-6H2,1H3,(H,12,15). The molecular weight excluding hydrogens is 273 g/mol. The van der Waals surface area contributed by atoms with Crippen molar-refractivity contribution in [3.8, 4) is 0 Å². The highest BCUT2D eigenvalue weighted by atomic mass is 32.2. The van der Waals surface area contributed by atoms with Crippen LogP contribution in [0.2, 0.25) is 0 Å². The fourth-order valence-electron chi connectivity index (χ4n) is 1.52. The fraction of sp³-hybridized carbons (Fsp3) is 0.400. The highest BCUT2D eigenvalue weighted by Crippen LogP contribution is 2.06. The highest BCUT2D eigenvalue weighted by Gasteiger charge is 2.09. The number of rotatable bonds is 6. The molecule has 0 aliphatic heterocycles. The summed E-state index contributed by atoms with van der Waals surface area (Å²) in [7, 11) is -3.27. The van der Waals surface area contributed by atoms with E-state index in [2.05, 4.69) is 20.1 Å². The number of hydrogen-bond donors (Lipinski definition) is 2. The van der Waals surface area contributed by atoms with Crippen molar-refractivity contribution in [2.24, 2.45) is 0 Å². The van der Waals surface area contributed by atoms with E-state index >= 15 is 0 Å². The molecule has 0 unspecified atom stereocenters. The summed E-state index contributed by atoms with van der Waals surface area (Å²) in [6.45, 7) is 2.24. The van der Waals surface area contributed by atoms with Crippen LogP contribution >= 0.6 is 0 Å². The molecule has 0 saturated carbocycles. The van der Waals surface area contributed by atoms with Gasteiger partial charge in [0.25, 0.3) is 0 Å². The Bertz CT molecular complexity index is 670. The van der Waals surface area contributed by atoms with Crippen LogP contribution in [0.4, 0.5) is 10.3 Å². The molecule has 0 bridgehead atoms. The maximum Gasteiger partial charge on any atom is 0.243 e. The molecule has 0 spiro atoms. The lowest BCUT2D eigenvalue weighted by Crippen LogP contribution is -2.29. The predicted octanol–water partition coefficient (Wildman–Crippen LogP) is 0.220. The van der Waals surface area contributed by atoms with E-state index in [1.165, 1.54) is 22.8 Å². The first-order chi connectivity index (χ1) is 9.00. The molecule has 2 aromatic rings. The highest BCUT2D eigenvalue weighted by molar-refractivity contribution is 7.89. The first-order valence-corrected chi connectivity index (χ1v) is 7.38. The average molecular weight is 287 g/mol. The molecular formula is C10H14FN5O2S. The van der Waals surface area contributed by atoms with Gasteiger partial charge in [-0.2, -0.15) is 4.98 Å². The van der Waals surface area contributed by atoms with Crippen molar-refractivity contribution >= 4 is 21.6 Å². The Morgan fingerprint density at radius 3 is 2.95 bits per heavy atom. The van der Waals surface area contributed by atoms with Crippen LogP contribution in [0, 0.1) is 5.82 Å². The molecule has 2 aromatic heterocycles. The van der Waals surface area contributed by atoms with Crippen LogP contribution in [-0.2, 0) is 10.0 Å². The Morgan fingerprint density at radius 1 is 1.42 bits per heavy atom. The molecule has 19 heavy (non-hydrogen) atoms. The van der Waals surface area contributed by atoms with Crippen molar-refractivity contribution in [2.75, 3.05) is 24.2 Å². The lowest BCUT2D eigenvalue weighted by Gasteiger charge is -2.04. The van der Waals surface area contributed by atoms with Crippen LogP contribution in [0.5, 0.6) is 0 Å². The van der Waals surface area contributed by atoms with Crippen molar-refractivity contribution < 1.29 is 12.8 Å². The van der Waals surface area contributed by atoms with E-state index in [1.54, 1.807) is 6.92 Å². The molecule has 0 radical (unpaired) electrons. The van der Waals surface area contributed by atoms with Gasteiger partial charge < -0.3 is 5.32 Å². The van der Waals surface area contributed by atoms with Crippen molar-refractivity contribution in [1.29, 1.82) is 0 Å². The molecule has 0 saturated heterocycles. The average Bonchev–Trinajstić information content (AvgIpc) is 2.70. The summed E-state index contributed by atoms with van der Waals surface area (Å²) in [5, 5.41) is 6.76. The maximum atomic E-state index is 12.9. The largest absolute Gasteiger partial charge is 0.352 e. The van der Waals surface area contributed by atoms with Crippen molar-refractivity contribution in [2.45, 2.75) is 6.92 Å². The quantitative estimate of drug-likeness (QED) is 0.793. The van der Waals surface area contributed by atoms with E-state index in [0.29, 0.717) is 12.2 Å². The second kappa shape index (κ2) is 5.49. The third-order valence-corrected chi connectivity index (χ3v) is 3.78. The van der Waals surface area contributed by atoms with Gasteiger partial charge in [-0.3, -0.25) is 0 Å². The number of pyridine rings is 1. The van der Waals surface area contributed by atoms with Crippen LogP contribution < -0.4 is 10.0 Å². The smallest absolute Gasteiger partial charge is 0.243 e. The predicted molar refractivity (Wildman–Crippen MR) is 68.9 cm³/mol. The number of nitrogens with zero attached hydrogens (tertiary/aromatic N) is 3. The molecule has 2 N–H and O–H groups in total. The van der Waals surface area contributed by atoms with Crippen molar-refractivity contribution in [1.82, 2.24) is 19.3 Å². The molecule has 0 atom stereocenters. The lowest BCUT2D eigenvalue weighted by atomic mass is 10.5. The van der Waals surface area contributed by atoms with Crippen molar-refractivity contribution in [3.63, 3.8) is 0 Å². The minimum atomic E-state index is -3.27. The van der Waals surface area contributed by atoms with Crippen LogP contribution in [0.15, 0.2) is 18.3 Å². The van der Waals surface area contributed by atoms with Crippen LogP contribution in [0.25, 0.3) is 5.65 Å². The molecule has 2 rings (SSSR count). The third-order valence-electron chi connectivity index (χ3n) is 2.31. The summed E-state index contributed by atoms with van der Waals surface area (Å²) in [6.07, 6.45) is 1.20. The summed E-state index contributed by atoms with van der Waals surface area (Å²) in [5.74, 6) is -0.235. The van der Waals surface area contributed by atoms with E-state index in [1.807, 2.05) is 0 Å². The summed E-state index contributed by atoms with van der Waals surface area (Å²) >= 11 is 0. The Labute approximate surface area is 109 Å². The fourth-order valence-corrected chi connectivity index (χ4v) is 2.48. The Hall–Kier alpha value is -1.74. The van der Waals surface area contributed by atoms with Crippen LogP contribution in [0.3, 0.4) is 0 Å². The second-order valence-electron chi connectivity index (χ2n) is 3.83. The second-order valence-corrected chi connectivity index (χ2v) is 5.76. The number of anilines is 1. The Kier molecular flexibility index (Phi) is 3.96. The van der Waals surface area contributed by atoms with Crippen molar-refractivity contribution in [3.05, 3.63) is 24.1 Å². The maximum absolute atomic E-state index is 12.9. The van der Waals surface area contributed by atoms with E-state index in [4.69, 9.17) is 0 Å². The van der Waals surface area contributed by atoms with Gasteiger partial charge in [0.15, 0.2) is 5.65 Å². The molecule has 0 aliphatic carbocycles. The number of aromatic nitrogens is 3. The van der Waals surface area contributed by atoms with E-state index in [-0.39, 0.29) is 18.2 Å². The number of sulfonamides is 1. The Balaban J connectivity index is 1.99. The molecule has 104 valence electrons. The van der Waals surface area contributed by atoms with Gasteiger partial charge in [-0.25, -0.2) is 22.0 Å². The zero-order valence-corrected chi connectivity index (χ0v) is 11.1. The van der Waals surface area contributed by atoms with Gasteiger partial charge in [0.1, 0.15) is 5.82 Å².